The molecule has 6 nitrogen and oxygen atoms in total. The summed E-state index contributed by atoms with van der Waals surface area (Å²) in [4.78, 5) is 21.5. The zero-order valence-corrected chi connectivity index (χ0v) is 15.8. The standard InChI is InChI=1S/C21H17ClN4O2/c1-13(12-27)24-21(28)19-10-18(15-5-7-17(22)8-6-15)25-20(26-19)16-4-2-3-14(9-16)11-23/h2-10,13,27H,12H2,1H3,(H,24,28)/t13-/m0/s1. The van der Waals surface area contributed by atoms with Gasteiger partial charge >= 0.3 is 0 Å². The van der Waals surface area contributed by atoms with E-state index in [1.54, 1.807) is 61.5 Å². The lowest BCUT2D eigenvalue weighted by molar-refractivity contribution is 0.0917. The fraction of sp³-hybridized carbons (Fsp3) is 0.143. The molecule has 0 radical (unpaired) electrons. The van der Waals surface area contributed by atoms with Crippen LogP contribution in [0.4, 0.5) is 0 Å². The molecule has 7 heteroatoms. The van der Waals surface area contributed by atoms with E-state index in [1.165, 1.54) is 0 Å². The third-order valence-corrected chi connectivity index (χ3v) is 4.25. The topological polar surface area (TPSA) is 98.9 Å². The molecule has 3 rings (SSSR count). The Kier molecular flexibility index (Phi) is 5.99. The highest BCUT2D eigenvalue weighted by atomic mass is 35.5. The molecule has 1 heterocycles. The van der Waals surface area contributed by atoms with E-state index in [4.69, 9.17) is 16.9 Å². The Bertz CT molecular complexity index is 1050. The number of carbonyl (C=O) groups excluding carboxylic acids is 1. The van der Waals surface area contributed by atoms with Crippen molar-refractivity contribution in [3.63, 3.8) is 0 Å². The minimum Gasteiger partial charge on any atom is -0.394 e. The zero-order valence-electron chi connectivity index (χ0n) is 15.1. The minimum atomic E-state index is -0.420. The van der Waals surface area contributed by atoms with Gasteiger partial charge in [-0.25, -0.2) is 9.97 Å². The van der Waals surface area contributed by atoms with Crippen LogP contribution in [0.3, 0.4) is 0 Å². The second kappa shape index (κ2) is 8.61. The van der Waals surface area contributed by atoms with Crippen LogP contribution in [0.15, 0.2) is 54.6 Å². The minimum absolute atomic E-state index is 0.164. The van der Waals surface area contributed by atoms with Crippen LogP contribution in [-0.2, 0) is 0 Å². The van der Waals surface area contributed by atoms with Crippen molar-refractivity contribution in [3.05, 3.63) is 70.9 Å². The van der Waals surface area contributed by atoms with Crippen molar-refractivity contribution in [2.75, 3.05) is 6.61 Å². The molecule has 2 aromatic carbocycles. The first-order chi connectivity index (χ1) is 13.5. The quantitative estimate of drug-likeness (QED) is 0.692. The van der Waals surface area contributed by atoms with E-state index in [0.717, 1.165) is 5.56 Å². The Balaban J connectivity index is 2.11. The van der Waals surface area contributed by atoms with E-state index >= 15 is 0 Å². The summed E-state index contributed by atoms with van der Waals surface area (Å²) in [6.45, 7) is 1.51. The summed E-state index contributed by atoms with van der Waals surface area (Å²) < 4.78 is 0. The van der Waals surface area contributed by atoms with Crippen LogP contribution in [0, 0.1) is 11.3 Å². The lowest BCUT2D eigenvalue weighted by Gasteiger charge is -2.12. The maximum absolute atomic E-state index is 12.6. The highest BCUT2D eigenvalue weighted by Gasteiger charge is 2.16. The number of nitrogens with zero attached hydrogens (tertiary/aromatic N) is 3. The summed E-state index contributed by atoms with van der Waals surface area (Å²) >= 11 is 5.96. The molecule has 1 amide bonds. The molecule has 0 unspecified atom stereocenters. The predicted octanol–water partition coefficient (Wildman–Crippen LogP) is 3.45. The number of hydrogen-bond donors (Lipinski definition) is 2. The van der Waals surface area contributed by atoms with E-state index < -0.39 is 11.9 Å². The second-order valence-electron chi connectivity index (χ2n) is 6.22. The van der Waals surface area contributed by atoms with Gasteiger partial charge in [-0.15, -0.1) is 0 Å². The highest BCUT2D eigenvalue weighted by Crippen LogP contribution is 2.24. The van der Waals surface area contributed by atoms with Gasteiger partial charge in [-0.1, -0.05) is 35.9 Å². The van der Waals surface area contributed by atoms with Crippen LogP contribution in [0.5, 0.6) is 0 Å². The van der Waals surface area contributed by atoms with Gasteiger partial charge in [-0.3, -0.25) is 4.79 Å². The van der Waals surface area contributed by atoms with E-state index in [-0.39, 0.29) is 12.3 Å². The number of aliphatic hydroxyl groups is 1. The van der Waals surface area contributed by atoms with Crippen molar-refractivity contribution in [2.24, 2.45) is 0 Å². The maximum atomic E-state index is 12.6. The molecular weight excluding hydrogens is 376 g/mol. The summed E-state index contributed by atoms with van der Waals surface area (Å²) in [7, 11) is 0. The number of benzene rings is 2. The van der Waals surface area contributed by atoms with Gasteiger partial charge in [0, 0.05) is 22.2 Å². The smallest absolute Gasteiger partial charge is 0.270 e. The number of aliphatic hydroxyl groups excluding tert-OH is 1. The lowest BCUT2D eigenvalue weighted by atomic mass is 10.1. The average molecular weight is 393 g/mol. The van der Waals surface area contributed by atoms with Gasteiger partial charge in [-0.05, 0) is 37.3 Å². The molecule has 0 saturated heterocycles. The van der Waals surface area contributed by atoms with Gasteiger partial charge in [0.15, 0.2) is 5.82 Å². The van der Waals surface area contributed by atoms with Crippen LogP contribution in [0.2, 0.25) is 5.02 Å². The number of hydrogen-bond acceptors (Lipinski definition) is 5. The van der Waals surface area contributed by atoms with Crippen molar-refractivity contribution in [1.29, 1.82) is 5.26 Å². The molecule has 2 N–H and O–H groups in total. The SMILES string of the molecule is C[C@@H](CO)NC(=O)c1cc(-c2ccc(Cl)cc2)nc(-c2cccc(C#N)c2)n1. The first-order valence-electron chi connectivity index (χ1n) is 8.57. The highest BCUT2D eigenvalue weighted by molar-refractivity contribution is 6.30. The Morgan fingerprint density at radius 3 is 2.61 bits per heavy atom. The third-order valence-electron chi connectivity index (χ3n) is 4.00. The molecule has 0 aliphatic heterocycles. The van der Waals surface area contributed by atoms with Gasteiger partial charge in [0.05, 0.1) is 23.9 Å². The number of carbonyl (C=O) groups is 1. The van der Waals surface area contributed by atoms with Crippen molar-refractivity contribution in [3.8, 4) is 28.7 Å². The second-order valence-corrected chi connectivity index (χ2v) is 6.66. The number of rotatable bonds is 5. The fourth-order valence-electron chi connectivity index (χ4n) is 2.53. The summed E-state index contributed by atoms with van der Waals surface area (Å²) in [5.74, 6) is -0.0943. The largest absolute Gasteiger partial charge is 0.394 e. The molecule has 0 fully saturated rings. The molecule has 0 aliphatic rings. The number of aromatic nitrogens is 2. The number of nitrogens with one attached hydrogen (secondary N) is 1. The van der Waals surface area contributed by atoms with E-state index in [0.29, 0.717) is 27.7 Å². The van der Waals surface area contributed by atoms with E-state index in [9.17, 15) is 9.90 Å². The molecule has 0 aliphatic carbocycles. The molecule has 1 atom stereocenters. The van der Waals surface area contributed by atoms with Crippen LogP contribution >= 0.6 is 11.6 Å². The third kappa shape index (κ3) is 4.52. The van der Waals surface area contributed by atoms with Crippen LogP contribution < -0.4 is 5.32 Å². The van der Waals surface area contributed by atoms with Gasteiger partial charge < -0.3 is 10.4 Å². The fourth-order valence-corrected chi connectivity index (χ4v) is 2.66. The summed E-state index contributed by atoms with van der Waals surface area (Å²) in [5.41, 5.74) is 2.58. The normalized spacial score (nSPS) is 11.5. The first kappa shape index (κ1) is 19.5. The van der Waals surface area contributed by atoms with Gasteiger partial charge in [-0.2, -0.15) is 5.26 Å². The Morgan fingerprint density at radius 1 is 1.18 bits per heavy atom. The molecule has 28 heavy (non-hydrogen) atoms. The van der Waals surface area contributed by atoms with Gasteiger partial charge in [0.2, 0.25) is 0 Å². The van der Waals surface area contributed by atoms with Crippen molar-refractivity contribution < 1.29 is 9.90 Å². The summed E-state index contributed by atoms with van der Waals surface area (Å²) in [6, 6.07) is 17.2. The van der Waals surface area contributed by atoms with Gasteiger partial charge in [0.1, 0.15) is 5.69 Å². The molecule has 3 aromatic rings. The van der Waals surface area contributed by atoms with Crippen LogP contribution in [-0.4, -0.2) is 33.6 Å². The van der Waals surface area contributed by atoms with Gasteiger partial charge in [0.25, 0.3) is 5.91 Å². The van der Waals surface area contributed by atoms with Crippen molar-refractivity contribution in [1.82, 2.24) is 15.3 Å². The lowest BCUT2D eigenvalue weighted by Crippen LogP contribution is -2.35. The number of nitriles is 1. The maximum Gasteiger partial charge on any atom is 0.270 e. The Labute approximate surface area is 167 Å². The van der Waals surface area contributed by atoms with E-state index in [2.05, 4.69) is 21.4 Å². The molecule has 0 spiro atoms. The Hall–Kier alpha value is -3.27. The first-order valence-corrected chi connectivity index (χ1v) is 8.95. The summed E-state index contributed by atoms with van der Waals surface area (Å²) in [5, 5.41) is 21.6. The molecule has 0 bridgehead atoms. The molecule has 1 aromatic heterocycles. The van der Waals surface area contributed by atoms with E-state index in [1.807, 2.05) is 0 Å². The predicted molar refractivity (Wildman–Crippen MR) is 107 cm³/mol. The summed E-state index contributed by atoms with van der Waals surface area (Å²) in [6.07, 6.45) is 0. The van der Waals surface area contributed by atoms with Crippen molar-refractivity contribution >= 4 is 17.5 Å². The van der Waals surface area contributed by atoms with Crippen LogP contribution in [0.1, 0.15) is 23.0 Å². The van der Waals surface area contributed by atoms with Crippen LogP contribution in [0.25, 0.3) is 22.6 Å². The molecule has 0 saturated carbocycles. The monoisotopic (exact) mass is 392 g/mol. The zero-order chi connectivity index (χ0) is 20.1. The molecule has 140 valence electrons. The number of halogens is 1. The Morgan fingerprint density at radius 2 is 1.93 bits per heavy atom. The molecular formula is C21H17ClN4O2. The van der Waals surface area contributed by atoms with Crippen molar-refractivity contribution in [2.45, 2.75) is 13.0 Å². The number of amides is 1. The average Bonchev–Trinajstić information content (AvgIpc) is 2.73.